The molecule has 2 aromatic carbocycles. The predicted octanol–water partition coefficient (Wildman–Crippen LogP) is 3.67. The van der Waals surface area contributed by atoms with Gasteiger partial charge in [0, 0.05) is 18.7 Å². The number of halogens is 1. The minimum atomic E-state index is -0.207. The molecule has 2 unspecified atom stereocenters. The van der Waals surface area contributed by atoms with Crippen LogP contribution in [0.2, 0.25) is 5.02 Å². The first kappa shape index (κ1) is 18.5. The van der Waals surface area contributed by atoms with E-state index in [2.05, 4.69) is 29.3 Å². The lowest BCUT2D eigenvalue weighted by Crippen LogP contribution is -2.46. The molecular formula is C20H24ClN3O2. The fourth-order valence-electron chi connectivity index (χ4n) is 3.40. The molecule has 0 aliphatic carbocycles. The smallest absolute Gasteiger partial charge is 0.256 e. The van der Waals surface area contributed by atoms with Gasteiger partial charge in [0.15, 0.2) is 0 Å². The van der Waals surface area contributed by atoms with Gasteiger partial charge in [-0.05, 0) is 31.4 Å². The Morgan fingerprint density at radius 2 is 2.04 bits per heavy atom. The lowest BCUT2D eigenvalue weighted by Gasteiger charge is -2.29. The van der Waals surface area contributed by atoms with Crippen LogP contribution in [0.3, 0.4) is 0 Å². The lowest BCUT2D eigenvalue weighted by molar-refractivity contribution is 0.0854. The van der Waals surface area contributed by atoms with Crippen molar-refractivity contribution in [3.05, 3.63) is 58.6 Å². The molecule has 1 aliphatic heterocycles. The Morgan fingerprint density at radius 1 is 1.31 bits per heavy atom. The second-order valence-corrected chi connectivity index (χ2v) is 7.05. The molecule has 138 valence electrons. The highest BCUT2D eigenvalue weighted by Gasteiger charge is 2.32. The number of nitrogen functional groups attached to an aromatic ring is 1. The molecule has 2 atom stereocenters. The maximum absolute atomic E-state index is 12.8. The number of amides is 1. The molecule has 0 saturated carbocycles. The van der Waals surface area contributed by atoms with Crippen LogP contribution in [0.25, 0.3) is 0 Å². The van der Waals surface area contributed by atoms with Crippen LogP contribution >= 0.6 is 11.6 Å². The van der Waals surface area contributed by atoms with Crippen molar-refractivity contribution >= 4 is 23.2 Å². The Kier molecular flexibility index (Phi) is 5.69. The minimum absolute atomic E-state index is 0.0289. The zero-order chi connectivity index (χ0) is 18.7. The van der Waals surface area contributed by atoms with Gasteiger partial charge in [-0.2, -0.15) is 0 Å². The van der Waals surface area contributed by atoms with E-state index in [0.717, 1.165) is 19.4 Å². The fourth-order valence-corrected chi connectivity index (χ4v) is 3.56. The highest BCUT2D eigenvalue weighted by molar-refractivity contribution is 6.33. The number of carbonyl (C=O) groups excluding carboxylic acids is 1. The van der Waals surface area contributed by atoms with Crippen LogP contribution in [0.4, 0.5) is 5.69 Å². The molecule has 1 aliphatic rings. The normalized spacial score (nSPS) is 20.1. The molecule has 5 nitrogen and oxygen atoms in total. The van der Waals surface area contributed by atoms with Crippen molar-refractivity contribution in [3.8, 4) is 5.75 Å². The number of methoxy groups -OCH3 is 1. The van der Waals surface area contributed by atoms with E-state index < -0.39 is 0 Å². The van der Waals surface area contributed by atoms with Crippen molar-refractivity contribution in [1.29, 1.82) is 0 Å². The molecule has 1 amide bonds. The summed E-state index contributed by atoms with van der Waals surface area (Å²) in [6.07, 6.45) is 1.92. The third kappa shape index (κ3) is 3.94. The van der Waals surface area contributed by atoms with Gasteiger partial charge < -0.3 is 15.8 Å². The van der Waals surface area contributed by atoms with Crippen molar-refractivity contribution in [3.63, 3.8) is 0 Å². The molecule has 0 aromatic heterocycles. The first-order valence-electron chi connectivity index (χ1n) is 8.73. The van der Waals surface area contributed by atoms with E-state index in [1.807, 2.05) is 18.2 Å². The van der Waals surface area contributed by atoms with Gasteiger partial charge in [-0.15, -0.1) is 0 Å². The standard InChI is InChI=1S/C20H24ClN3O2/c1-13-8-9-19(24(13)12-14-6-4-3-5-7-14)23-20(25)15-10-16(21)17(22)11-18(15)26-2/h3-7,10-11,13,19H,8-9,12,22H2,1-2H3,(H,23,25). The molecule has 0 bridgehead atoms. The van der Waals surface area contributed by atoms with Gasteiger partial charge in [0.1, 0.15) is 5.75 Å². The largest absolute Gasteiger partial charge is 0.496 e. The van der Waals surface area contributed by atoms with Gasteiger partial charge in [-0.3, -0.25) is 9.69 Å². The molecule has 3 rings (SSSR count). The number of rotatable bonds is 5. The van der Waals surface area contributed by atoms with Crippen LogP contribution < -0.4 is 15.8 Å². The quantitative estimate of drug-likeness (QED) is 0.784. The van der Waals surface area contributed by atoms with Crippen LogP contribution in [0.15, 0.2) is 42.5 Å². The van der Waals surface area contributed by atoms with E-state index in [-0.39, 0.29) is 12.1 Å². The summed E-state index contributed by atoms with van der Waals surface area (Å²) < 4.78 is 5.30. The summed E-state index contributed by atoms with van der Waals surface area (Å²) in [5, 5.41) is 3.47. The topological polar surface area (TPSA) is 67.6 Å². The number of likely N-dealkylation sites (tertiary alicyclic amines) is 1. The molecule has 1 fully saturated rings. The van der Waals surface area contributed by atoms with Crippen LogP contribution in [0, 0.1) is 0 Å². The summed E-state index contributed by atoms with van der Waals surface area (Å²) in [5.41, 5.74) is 7.82. The van der Waals surface area contributed by atoms with E-state index in [0.29, 0.717) is 28.1 Å². The fraction of sp³-hybridized carbons (Fsp3) is 0.350. The maximum Gasteiger partial charge on any atom is 0.256 e. The molecule has 2 aromatic rings. The minimum Gasteiger partial charge on any atom is -0.496 e. The van der Waals surface area contributed by atoms with Gasteiger partial charge in [-0.1, -0.05) is 41.9 Å². The van der Waals surface area contributed by atoms with Crippen molar-refractivity contribution in [2.45, 2.75) is 38.5 Å². The van der Waals surface area contributed by atoms with Crippen LogP contribution in [-0.2, 0) is 6.54 Å². The summed E-state index contributed by atoms with van der Waals surface area (Å²) in [5.74, 6) is 0.214. The predicted molar refractivity (Wildman–Crippen MR) is 104 cm³/mol. The van der Waals surface area contributed by atoms with Crippen LogP contribution in [-0.4, -0.2) is 30.1 Å². The van der Waals surface area contributed by atoms with E-state index in [9.17, 15) is 4.79 Å². The third-order valence-electron chi connectivity index (χ3n) is 4.89. The zero-order valence-electron chi connectivity index (χ0n) is 15.0. The SMILES string of the molecule is COc1cc(N)c(Cl)cc1C(=O)NC1CCC(C)N1Cc1ccccc1. The van der Waals surface area contributed by atoms with E-state index in [1.165, 1.54) is 12.7 Å². The second kappa shape index (κ2) is 7.98. The van der Waals surface area contributed by atoms with Gasteiger partial charge >= 0.3 is 0 Å². The van der Waals surface area contributed by atoms with E-state index in [1.54, 1.807) is 12.1 Å². The zero-order valence-corrected chi connectivity index (χ0v) is 15.8. The summed E-state index contributed by atoms with van der Waals surface area (Å²) >= 11 is 6.09. The van der Waals surface area contributed by atoms with Crippen LogP contribution in [0.1, 0.15) is 35.7 Å². The molecule has 1 saturated heterocycles. The molecule has 3 N–H and O–H groups in total. The molecule has 0 spiro atoms. The number of hydrogen-bond donors (Lipinski definition) is 2. The number of anilines is 1. The first-order chi connectivity index (χ1) is 12.5. The average molecular weight is 374 g/mol. The Morgan fingerprint density at radius 3 is 2.73 bits per heavy atom. The monoisotopic (exact) mass is 373 g/mol. The lowest BCUT2D eigenvalue weighted by atomic mass is 10.1. The van der Waals surface area contributed by atoms with Crippen LogP contribution in [0.5, 0.6) is 5.75 Å². The second-order valence-electron chi connectivity index (χ2n) is 6.65. The molecular weight excluding hydrogens is 350 g/mol. The molecule has 1 heterocycles. The summed E-state index contributed by atoms with van der Waals surface area (Å²) in [6.45, 7) is 2.99. The number of carbonyl (C=O) groups is 1. The Hall–Kier alpha value is -2.24. The first-order valence-corrected chi connectivity index (χ1v) is 9.11. The van der Waals surface area contributed by atoms with Gasteiger partial charge in [-0.25, -0.2) is 0 Å². The van der Waals surface area contributed by atoms with Crippen molar-refractivity contribution < 1.29 is 9.53 Å². The highest BCUT2D eigenvalue weighted by Crippen LogP contribution is 2.30. The summed E-state index contributed by atoms with van der Waals surface area (Å²) in [4.78, 5) is 15.1. The maximum atomic E-state index is 12.8. The number of nitrogens with two attached hydrogens (primary N) is 1. The Labute approximate surface area is 159 Å². The number of nitrogens with zero attached hydrogens (tertiary/aromatic N) is 1. The number of hydrogen-bond acceptors (Lipinski definition) is 4. The number of nitrogens with one attached hydrogen (secondary N) is 1. The van der Waals surface area contributed by atoms with Crippen molar-refractivity contribution in [1.82, 2.24) is 10.2 Å². The molecule has 26 heavy (non-hydrogen) atoms. The number of benzene rings is 2. The van der Waals surface area contributed by atoms with E-state index >= 15 is 0 Å². The van der Waals surface area contributed by atoms with E-state index in [4.69, 9.17) is 22.1 Å². The third-order valence-corrected chi connectivity index (χ3v) is 5.22. The molecule has 6 heteroatoms. The van der Waals surface area contributed by atoms with Gasteiger partial charge in [0.2, 0.25) is 0 Å². The Balaban J connectivity index is 1.77. The van der Waals surface area contributed by atoms with Crippen molar-refractivity contribution in [2.75, 3.05) is 12.8 Å². The van der Waals surface area contributed by atoms with Crippen molar-refractivity contribution in [2.24, 2.45) is 0 Å². The average Bonchev–Trinajstić information content (AvgIpc) is 2.97. The summed E-state index contributed by atoms with van der Waals surface area (Å²) in [7, 11) is 1.51. The molecule has 0 radical (unpaired) electrons. The van der Waals surface area contributed by atoms with Gasteiger partial charge in [0.05, 0.1) is 29.5 Å². The highest BCUT2D eigenvalue weighted by atomic mass is 35.5. The van der Waals surface area contributed by atoms with Gasteiger partial charge in [0.25, 0.3) is 5.91 Å². The Bertz CT molecular complexity index is 782. The summed E-state index contributed by atoms with van der Waals surface area (Å²) in [6, 6.07) is 13.8. The number of ether oxygens (including phenoxy) is 1.